The lowest BCUT2D eigenvalue weighted by Gasteiger charge is -2.33. The Kier molecular flexibility index (Phi) is 6.38. The van der Waals surface area contributed by atoms with Gasteiger partial charge in [-0.15, -0.1) is 0 Å². The molecule has 5 heterocycles. The molecule has 4 saturated heterocycles. The first-order valence-corrected chi connectivity index (χ1v) is 14.0. The number of alkyl halides is 1. The number of nitrogens with zero attached hydrogens (tertiary/aromatic N) is 5. The van der Waals surface area contributed by atoms with Crippen LogP contribution in [0.5, 0.6) is 11.8 Å². The molecule has 0 radical (unpaired) electrons. The van der Waals surface area contributed by atoms with Crippen LogP contribution in [0, 0.1) is 11.6 Å². The number of rotatable bonds is 6. The van der Waals surface area contributed by atoms with Crippen LogP contribution in [0.25, 0.3) is 10.8 Å². The van der Waals surface area contributed by atoms with E-state index in [-0.39, 0.29) is 66.2 Å². The molecule has 0 unspecified atom stereocenters. The predicted molar refractivity (Wildman–Crippen MR) is 144 cm³/mol. The van der Waals surface area contributed by atoms with Crippen molar-refractivity contribution < 1.29 is 27.8 Å². The summed E-state index contributed by atoms with van der Waals surface area (Å²) in [5.41, 5.74) is -0.742. The number of halogens is 3. The summed E-state index contributed by atoms with van der Waals surface area (Å²) in [4.78, 5) is 30.8. The second-order valence-electron chi connectivity index (χ2n) is 11.5. The van der Waals surface area contributed by atoms with Crippen molar-refractivity contribution in [2.75, 3.05) is 36.4 Å². The zero-order chi connectivity index (χ0) is 28.3. The van der Waals surface area contributed by atoms with E-state index in [1.807, 2.05) is 9.80 Å². The Morgan fingerprint density at radius 2 is 1.95 bits per heavy atom. The number of hydrogen-bond acceptors (Lipinski definition) is 9. The molecule has 3 aromatic rings. The number of fused-ring (bicyclic) bond motifs is 4. The number of aromatic nitrogens is 3. The van der Waals surface area contributed by atoms with Crippen LogP contribution in [-0.4, -0.2) is 80.8 Å². The first kappa shape index (κ1) is 26.2. The molecule has 4 atom stereocenters. The fourth-order valence-electron chi connectivity index (χ4n) is 6.96. The molecule has 2 bridgehead atoms. The zero-order valence-electron chi connectivity index (χ0n) is 22.2. The number of benzene rings is 2. The number of nitrogens with one attached hydrogen (secondary N) is 2. The van der Waals surface area contributed by atoms with Gasteiger partial charge in [-0.25, -0.2) is 13.2 Å². The van der Waals surface area contributed by atoms with Gasteiger partial charge in [0.25, 0.3) is 0 Å². The molecule has 10 nitrogen and oxygen atoms in total. The third kappa shape index (κ3) is 4.70. The van der Waals surface area contributed by atoms with Crippen LogP contribution in [0.1, 0.15) is 37.7 Å². The predicted octanol–water partition coefficient (Wildman–Crippen LogP) is 3.04. The van der Waals surface area contributed by atoms with Crippen molar-refractivity contribution in [3.05, 3.63) is 41.5 Å². The zero-order valence-corrected chi connectivity index (χ0v) is 22.2. The smallest absolute Gasteiger partial charge is 0.323 e. The number of aromatic hydroxyl groups is 1. The number of amides is 1. The van der Waals surface area contributed by atoms with Crippen LogP contribution < -0.4 is 20.3 Å². The second kappa shape index (κ2) is 9.98. The van der Waals surface area contributed by atoms with Crippen molar-refractivity contribution in [1.29, 1.82) is 0 Å². The summed E-state index contributed by atoms with van der Waals surface area (Å²) in [5.74, 6) is -2.28. The molecule has 0 aliphatic carbocycles. The summed E-state index contributed by atoms with van der Waals surface area (Å²) in [6.07, 6.45) is 2.47. The van der Waals surface area contributed by atoms with E-state index < -0.39 is 23.3 Å². The third-order valence-corrected chi connectivity index (χ3v) is 8.78. The Labute approximate surface area is 233 Å². The molecule has 4 fully saturated rings. The van der Waals surface area contributed by atoms with E-state index in [0.717, 1.165) is 25.3 Å². The number of anilines is 2. The molecule has 2 aromatic carbocycles. The summed E-state index contributed by atoms with van der Waals surface area (Å²) >= 11 is 0. The van der Waals surface area contributed by atoms with E-state index in [1.54, 1.807) is 0 Å². The molecule has 0 spiro atoms. The van der Waals surface area contributed by atoms with Gasteiger partial charge in [0.2, 0.25) is 17.8 Å². The SMILES string of the molecule is O=C(Nc1nc(OCc2cc(O)cc3ccc(F)c(F)c23)nc(N2C[C@H]3CC[C@@H](C2)N3)n1)[C@@]12CCCN1C[C@H](F)C2. The molecule has 7 rings (SSSR count). The lowest BCUT2D eigenvalue weighted by molar-refractivity contribution is -0.125. The van der Waals surface area contributed by atoms with Gasteiger partial charge in [-0.2, -0.15) is 15.0 Å². The number of phenolic OH excluding ortho intramolecular Hbond substituents is 1. The van der Waals surface area contributed by atoms with Gasteiger partial charge >= 0.3 is 6.01 Å². The molecule has 1 aromatic heterocycles. The van der Waals surface area contributed by atoms with Crippen molar-refractivity contribution in [2.24, 2.45) is 0 Å². The molecule has 13 heteroatoms. The monoisotopic (exact) mass is 569 g/mol. The first-order chi connectivity index (χ1) is 19.8. The maximum Gasteiger partial charge on any atom is 0.323 e. The maximum atomic E-state index is 14.7. The highest BCUT2D eigenvalue weighted by Crippen LogP contribution is 2.41. The molecule has 4 aliphatic rings. The van der Waals surface area contributed by atoms with Crippen LogP contribution in [-0.2, 0) is 11.4 Å². The number of carbonyl (C=O) groups excluding carboxylic acids is 1. The van der Waals surface area contributed by atoms with Gasteiger partial charge in [0.15, 0.2) is 11.6 Å². The minimum Gasteiger partial charge on any atom is -0.508 e. The van der Waals surface area contributed by atoms with Gasteiger partial charge in [0.05, 0.1) is 0 Å². The first-order valence-electron chi connectivity index (χ1n) is 14.0. The van der Waals surface area contributed by atoms with Gasteiger partial charge in [0, 0.05) is 49.1 Å². The fourth-order valence-corrected chi connectivity index (χ4v) is 6.96. The second-order valence-corrected chi connectivity index (χ2v) is 11.5. The normalized spacial score (nSPS) is 27.4. The average Bonchev–Trinajstić information content (AvgIpc) is 3.60. The lowest BCUT2D eigenvalue weighted by Crippen LogP contribution is -2.52. The van der Waals surface area contributed by atoms with E-state index >= 15 is 0 Å². The van der Waals surface area contributed by atoms with E-state index in [9.17, 15) is 23.1 Å². The fraction of sp³-hybridized carbons (Fsp3) is 0.500. The summed E-state index contributed by atoms with van der Waals surface area (Å²) in [7, 11) is 0. The summed E-state index contributed by atoms with van der Waals surface area (Å²) < 4.78 is 49.0. The Hall–Kier alpha value is -3.71. The quantitative estimate of drug-likeness (QED) is 0.412. The minimum absolute atomic E-state index is 0.0216. The average molecular weight is 570 g/mol. The number of piperazine rings is 1. The van der Waals surface area contributed by atoms with E-state index in [4.69, 9.17) is 4.74 Å². The van der Waals surface area contributed by atoms with Crippen LogP contribution >= 0.6 is 0 Å². The molecule has 41 heavy (non-hydrogen) atoms. The molecule has 4 aliphatic heterocycles. The summed E-state index contributed by atoms with van der Waals surface area (Å²) in [6, 6.07) is 5.46. The topological polar surface area (TPSA) is 116 Å². The Balaban J connectivity index is 1.20. The third-order valence-electron chi connectivity index (χ3n) is 8.78. The van der Waals surface area contributed by atoms with Crippen LogP contribution in [0.4, 0.5) is 25.1 Å². The van der Waals surface area contributed by atoms with Gasteiger partial charge in [-0.05, 0) is 55.8 Å². The molecule has 216 valence electrons. The maximum absolute atomic E-state index is 14.7. The lowest BCUT2D eigenvalue weighted by atomic mass is 9.92. The highest BCUT2D eigenvalue weighted by atomic mass is 19.2. The largest absolute Gasteiger partial charge is 0.508 e. The Morgan fingerprint density at radius 1 is 1.15 bits per heavy atom. The molecular weight excluding hydrogens is 539 g/mol. The number of hydrogen-bond donors (Lipinski definition) is 3. The highest BCUT2D eigenvalue weighted by molar-refractivity contribution is 5.97. The molecule has 0 saturated carbocycles. The molecular formula is C28H30F3N7O3. The van der Waals surface area contributed by atoms with Crippen LogP contribution in [0.15, 0.2) is 24.3 Å². The number of phenols is 1. The van der Waals surface area contributed by atoms with Crippen molar-refractivity contribution >= 4 is 28.6 Å². The summed E-state index contributed by atoms with van der Waals surface area (Å²) in [6.45, 7) is 1.93. The van der Waals surface area contributed by atoms with Gasteiger partial charge < -0.3 is 20.1 Å². The number of ether oxygens (including phenoxy) is 1. The van der Waals surface area contributed by atoms with Gasteiger partial charge in [0.1, 0.15) is 24.1 Å². The van der Waals surface area contributed by atoms with Crippen molar-refractivity contribution in [3.63, 3.8) is 0 Å². The van der Waals surface area contributed by atoms with Gasteiger partial charge in [-0.1, -0.05) is 6.07 Å². The Morgan fingerprint density at radius 3 is 2.76 bits per heavy atom. The number of carbonyl (C=O) groups is 1. The molecule has 3 N–H and O–H groups in total. The van der Waals surface area contributed by atoms with Crippen LogP contribution in [0.3, 0.4) is 0 Å². The van der Waals surface area contributed by atoms with Gasteiger partial charge in [-0.3, -0.25) is 15.0 Å². The van der Waals surface area contributed by atoms with Crippen LogP contribution in [0.2, 0.25) is 0 Å². The van der Waals surface area contributed by atoms with E-state index in [2.05, 4.69) is 25.6 Å². The minimum atomic E-state index is -1.08. The van der Waals surface area contributed by atoms with Crippen molar-refractivity contribution in [2.45, 2.75) is 62.5 Å². The highest BCUT2D eigenvalue weighted by Gasteiger charge is 2.54. The Bertz CT molecular complexity index is 1520. The van der Waals surface area contributed by atoms with Crippen molar-refractivity contribution in [1.82, 2.24) is 25.2 Å². The van der Waals surface area contributed by atoms with Crippen molar-refractivity contribution in [3.8, 4) is 11.8 Å². The molecule has 1 amide bonds. The van der Waals surface area contributed by atoms with E-state index in [1.165, 1.54) is 18.2 Å². The summed E-state index contributed by atoms with van der Waals surface area (Å²) in [5, 5.41) is 16.8. The standard InChI is InChI=1S/C28H30F3N7O3/c29-17-10-28(6-1-7-38(28)11-17)24(40)33-25-34-26(37-12-18-3-4-19(13-37)32-18)36-27(35-25)41-14-16-9-20(39)8-15-2-5-21(30)23(31)22(15)16/h2,5,8-9,17-19,32,39H,1,3-4,6-7,10-14H2,(H,33,34,35,36,40)/t17-,18-,19+,28+/m1/s1. The van der Waals surface area contributed by atoms with E-state index in [0.29, 0.717) is 37.4 Å².